The third-order valence-electron chi connectivity index (χ3n) is 2.97. The largest absolute Gasteiger partial charge is 0.333 e. The monoisotopic (exact) mass is 249 g/mol. The van der Waals surface area contributed by atoms with Crippen LogP contribution in [0.2, 0.25) is 0 Å². The van der Waals surface area contributed by atoms with Crippen molar-refractivity contribution >= 4 is 11.3 Å². The van der Waals surface area contributed by atoms with Crippen molar-refractivity contribution in [2.45, 2.75) is 33.9 Å². The lowest BCUT2D eigenvalue weighted by molar-refractivity contribution is 0.592. The number of aromatic nitrogens is 2. The second-order valence-corrected chi connectivity index (χ2v) is 5.67. The highest BCUT2D eigenvalue weighted by Crippen LogP contribution is 2.14. The summed E-state index contributed by atoms with van der Waals surface area (Å²) in [6.07, 6.45) is 1.92. The Balaban J connectivity index is 1.75. The smallest absolute Gasteiger partial charge is 0.0951 e. The third-order valence-corrected chi connectivity index (χ3v) is 3.97. The zero-order valence-electron chi connectivity index (χ0n) is 10.7. The first-order valence-corrected chi connectivity index (χ1v) is 6.73. The normalized spacial score (nSPS) is 11.0. The van der Waals surface area contributed by atoms with Crippen molar-refractivity contribution in [3.63, 3.8) is 0 Å². The first-order valence-electron chi connectivity index (χ1n) is 5.91. The lowest BCUT2D eigenvalue weighted by atomic mass is 10.4. The van der Waals surface area contributed by atoms with Crippen LogP contribution >= 0.6 is 11.3 Å². The van der Waals surface area contributed by atoms with E-state index in [1.165, 1.54) is 15.4 Å². The molecule has 17 heavy (non-hydrogen) atoms. The van der Waals surface area contributed by atoms with Crippen LogP contribution in [0.1, 0.15) is 21.1 Å². The van der Waals surface area contributed by atoms with Crippen LogP contribution in [0.5, 0.6) is 0 Å². The summed E-state index contributed by atoms with van der Waals surface area (Å²) in [4.78, 5) is 7.08. The van der Waals surface area contributed by atoms with Crippen LogP contribution in [0.3, 0.4) is 0 Å². The van der Waals surface area contributed by atoms with Crippen LogP contribution in [0, 0.1) is 20.8 Å². The Morgan fingerprint density at radius 1 is 1.29 bits per heavy atom. The van der Waals surface area contributed by atoms with Crippen LogP contribution in [-0.2, 0) is 13.1 Å². The molecule has 0 aromatic carbocycles. The van der Waals surface area contributed by atoms with E-state index in [0.717, 1.165) is 25.3 Å². The molecule has 4 heteroatoms. The molecule has 0 bridgehead atoms. The van der Waals surface area contributed by atoms with Crippen molar-refractivity contribution in [1.29, 1.82) is 0 Å². The van der Waals surface area contributed by atoms with E-state index in [2.05, 4.69) is 40.8 Å². The summed E-state index contributed by atoms with van der Waals surface area (Å²) < 4.78 is 2.20. The summed E-state index contributed by atoms with van der Waals surface area (Å²) in [5, 5.41) is 3.46. The number of rotatable bonds is 5. The van der Waals surface area contributed by atoms with Gasteiger partial charge in [0.2, 0.25) is 0 Å². The fourth-order valence-electron chi connectivity index (χ4n) is 1.76. The molecule has 0 amide bonds. The second kappa shape index (κ2) is 5.47. The molecule has 1 N–H and O–H groups in total. The molecule has 0 aliphatic rings. The van der Waals surface area contributed by atoms with Gasteiger partial charge in [0.25, 0.3) is 0 Å². The lowest BCUT2D eigenvalue weighted by Crippen LogP contribution is -2.19. The van der Waals surface area contributed by atoms with Crippen molar-refractivity contribution in [1.82, 2.24) is 14.9 Å². The Hall–Kier alpha value is -1.13. The van der Waals surface area contributed by atoms with E-state index in [0.29, 0.717) is 0 Å². The van der Waals surface area contributed by atoms with Gasteiger partial charge in [-0.05, 0) is 32.9 Å². The van der Waals surface area contributed by atoms with E-state index in [9.17, 15) is 0 Å². The number of nitrogens with zero attached hydrogens (tertiary/aromatic N) is 2. The molecule has 0 saturated heterocycles. The standard InChI is InChI=1S/C13H19N3S/c1-10-4-5-13(17-10)8-14-6-7-16-9-15-11(2)12(16)3/h4-5,9,14H,6-8H2,1-3H3. The highest BCUT2D eigenvalue weighted by molar-refractivity contribution is 7.11. The van der Waals surface area contributed by atoms with Crippen LogP contribution in [0.4, 0.5) is 0 Å². The molecule has 2 rings (SSSR count). The first kappa shape index (κ1) is 12.3. The van der Waals surface area contributed by atoms with Gasteiger partial charge in [-0.1, -0.05) is 0 Å². The second-order valence-electron chi connectivity index (χ2n) is 4.30. The topological polar surface area (TPSA) is 29.9 Å². The fourth-order valence-corrected chi connectivity index (χ4v) is 2.62. The highest BCUT2D eigenvalue weighted by atomic mass is 32.1. The Bertz CT molecular complexity index is 485. The maximum Gasteiger partial charge on any atom is 0.0951 e. The van der Waals surface area contributed by atoms with Crippen molar-refractivity contribution in [2.24, 2.45) is 0 Å². The zero-order valence-corrected chi connectivity index (χ0v) is 11.5. The fraction of sp³-hybridized carbons (Fsp3) is 0.462. The summed E-state index contributed by atoms with van der Waals surface area (Å²) in [5.74, 6) is 0. The maximum atomic E-state index is 4.29. The molecule has 0 spiro atoms. The van der Waals surface area contributed by atoms with Crippen LogP contribution in [0.25, 0.3) is 0 Å². The minimum absolute atomic E-state index is 0.964. The SMILES string of the molecule is Cc1ccc(CNCCn2cnc(C)c2C)s1. The summed E-state index contributed by atoms with van der Waals surface area (Å²) in [7, 11) is 0. The molecular formula is C13H19N3S. The van der Waals surface area contributed by atoms with Crippen LogP contribution in [-0.4, -0.2) is 16.1 Å². The molecule has 0 aliphatic carbocycles. The number of aryl methyl sites for hydroxylation is 2. The molecule has 2 aromatic rings. The molecule has 2 heterocycles. The highest BCUT2D eigenvalue weighted by Gasteiger charge is 2.01. The van der Waals surface area contributed by atoms with E-state index >= 15 is 0 Å². The molecule has 0 radical (unpaired) electrons. The van der Waals surface area contributed by atoms with Crippen LogP contribution in [0.15, 0.2) is 18.5 Å². The number of hydrogen-bond donors (Lipinski definition) is 1. The van der Waals surface area contributed by atoms with Crippen molar-refractivity contribution in [2.75, 3.05) is 6.54 Å². The van der Waals surface area contributed by atoms with Gasteiger partial charge in [0.15, 0.2) is 0 Å². The average Bonchev–Trinajstić information content (AvgIpc) is 2.84. The Labute approximate surface area is 107 Å². The number of thiophene rings is 1. The number of hydrogen-bond acceptors (Lipinski definition) is 3. The lowest BCUT2D eigenvalue weighted by Gasteiger charge is -2.06. The van der Waals surface area contributed by atoms with Gasteiger partial charge in [-0.3, -0.25) is 0 Å². The molecule has 0 unspecified atom stereocenters. The number of imidazole rings is 1. The average molecular weight is 249 g/mol. The van der Waals surface area contributed by atoms with E-state index in [4.69, 9.17) is 0 Å². The van der Waals surface area contributed by atoms with E-state index < -0.39 is 0 Å². The van der Waals surface area contributed by atoms with Gasteiger partial charge in [-0.15, -0.1) is 11.3 Å². The minimum atomic E-state index is 0.964. The van der Waals surface area contributed by atoms with Gasteiger partial charge in [-0.2, -0.15) is 0 Å². The van der Waals surface area contributed by atoms with Crippen LogP contribution < -0.4 is 5.32 Å². The molecule has 0 atom stereocenters. The maximum absolute atomic E-state index is 4.29. The molecule has 3 nitrogen and oxygen atoms in total. The molecule has 0 fully saturated rings. The predicted octanol–water partition coefficient (Wildman–Crippen LogP) is 2.66. The summed E-state index contributed by atoms with van der Waals surface area (Å²) in [6.45, 7) is 9.24. The Kier molecular flexibility index (Phi) is 3.97. The van der Waals surface area contributed by atoms with Crippen molar-refractivity contribution in [3.8, 4) is 0 Å². The first-order chi connectivity index (χ1) is 8.16. The van der Waals surface area contributed by atoms with Gasteiger partial charge in [-0.25, -0.2) is 4.98 Å². The quantitative estimate of drug-likeness (QED) is 0.826. The molecule has 0 saturated carbocycles. The molecule has 0 aliphatic heterocycles. The van der Waals surface area contributed by atoms with E-state index in [1.807, 2.05) is 24.6 Å². The summed E-state index contributed by atoms with van der Waals surface area (Å²) in [6, 6.07) is 4.37. The summed E-state index contributed by atoms with van der Waals surface area (Å²) >= 11 is 1.86. The number of nitrogens with one attached hydrogen (secondary N) is 1. The Morgan fingerprint density at radius 3 is 2.71 bits per heavy atom. The molecule has 2 aromatic heterocycles. The summed E-state index contributed by atoms with van der Waals surface area (Å²) in [5.41, 5.74) is 2.39. The molecule has 92 valence electrons. The van der Waals surface area contributed by atoms with Gasteiger partial charge >= 0.3 is 0 Å². The predicted molar refractivity (Wildman–Crippen MR) is 72.5 cm³/mol. The van der Waals surface area contributed by atoms with Gasteiger partial charge in [0, 0.05) is 35.1 Å². The van der Waals surface area contributed by atoms with Gasteiger partial charge < -0.3 is 9.88 Å². The van der Waals surface area contributed by atoms with Crippen molar-refractivity contribution < 1.29 is 0 Å². The van der Waals surface area contributed by atoms with Gasteiger partial charge in [0.1, 0.15) is 0 Å². The van der Waals surface area contributed by atoms with Crippen molar-refractivity contribution in [3.05, 3.63) is 39.6 Å². The molecular weight excluding hydrogens is 230 g/mol. The zero-order chi connectivity index (χ0) is 12.3. The van der Waals surface area contributed by atoms with E-state index in [-0.39, 0.29) is 0 Å². The van der Waals surface area contributed by atoms with Gasteiger partial charge in [0.05, 0.1) is 12.0 Å². The minimum Gasteiger partial charge on any atom is -0.333 e. The van der Waals surface area contributed by atoms with E-state index in [1.54, 1.807) is 0 Å². The Morgan fingerprint density at radius 2 is 2.12 bits per heavy atom. The third kappa shape index (κ3) is 3.17.